The highest BCUT2D eigenvalue weighted by Gasteiger charge is 2.29. The minimum atomic E-state index is -0.454. The molecule has 0 radical (unpaired) electrons. The molecule has 5 heteroatoms. The summed E-state index contributed by atoms with van der Waals surface area (Å²) in [5.74, 6) is 0.216. The highest BCUT2D eigenvalue weighted by Crippen LogP contribution is 2.34. The van der Waals surface area contributed by atoms with Gasteiger partial charge in [-0.05, 0) is 30.7 Å². The molecule has 2 amide bonds. The molecule has 0 saturated heterocycles. The number of ether oxygens (including phenoxy) is 1. The maximum Gasteiger partial charge on any atom is 0.326 e. The van der Waals surface area contributed by atoms with Gasteiger partial charge in [-0.3, -0.25) is 4.90 Å². The van der Waals surface area contributed by atoms with Crippen molar-refractivity contribution in [1.82, 2.24) is 0 Å². The third-order valence-corrected chi connectivity index (χ3v) is 3.65. The van der Waals surface area contributed by atoms with Crippen molar-refractivity contribution in [3.8, 4) is 5.75 Å². The molecule has 1 atom stereocenters. The van der Waals surface area contributed by atoms with Gasteiger partial charge in [-0.25, -0.2) is 9.18 Å². The van der Waals surface area contributed by atoms with Crippen LogP contribution in [0.1, 0.15) is 13.3 Å². The molecule has 1 aliphatic heterocycles. The predicted molar refractivity (Wildman–Crippen MR) is 83.9 cm³/mol. The van der Waals surface area contributed by atoms with E-state index in [4.69, 9.17) is 4.74 Å². The number of hydrogen-bond acceptors (Lipinski definition) is 2. The minimum absolute atomic E-state index is 0.0683. The Bertz CT molecular complexity index is 690. The van der Waals surface area contributed by atoms with Gasteiger partial charge in [0.1, 0.15) is 17.7 Å². The van der Waals surface area contributed by atoms with Gasteiger partial charge in [-0.2, -0.15) is 0 Å². The van der Waals surface area contributed by atoms with Crippen molar-refractivity contribution in [3.05, 3.63) is 54.3 Å². The van der Waals surface area contributed by atoms with Crippen molar-refractivity contribution in [1.29, 1.82) is 0 Å². The van der Waals surface area contributed by atoms with E-state index in [9.17, 15) is 9.18 Å². The van der Waals surface area contributed by atoms with Crippen molar-refractivity contribution in [3.63, 3.8) is 0 Å². The topological polar surface area (TPSA) is 41.6 Å². The number of nitrogens with one attached hydrogen (secondary N) is 1. The fourth-order valence-corrected chi connectivity index (χ4v) is 2.45. The number of para-hydroxylation sites is 3. The lowest BCUT2D eigenvalue weighted by Crippen LogP contribution is -2.45. The van der Waals surface area contributed by atoms with Gasteiger partial charge in [0.2, 0.25) is 0 Å². The lowest BCUT2D eigenvalue weighted by molar-refractivity contribution is 0.188. The van der Waals surface area contributed by atoms with Crippen LogP contribution in [0.3, 0.4) is 0 Å². The molecule has 1 heterocycles. The summed E-state index contributed by atoms with van der Waals surface area (Å²) in [4.78, 5) is 14.1. The smallest absolute Gasteiger partial charge is 0.326 e. The van der Waals surface area contributed by atoms with Crippen LogP contribution in [-0.2, 0) is 0 Å². The number of nitrogens with zero attached hydrogens (tertiary/aromatic N) is 1. The molecule has 0 aromatic heterocycles. The zero-order valence-corrected chi connectivity index (χ0v) is 12.3. The molecule has 114 valence electrons. The van der Waals surface area contributed by atoms with Crippen molar-refractivity contribution in [2.75, 3.05) is 16.8 Å². The third-order valence-electron chi connectivity index (χ3n) is 3.65. The molecule has 0 aliphatic carbocycles. The molecule has 0 bridgehead atoms. The highest BCUT2D eigenvalue weighted by molar-refractivity contribution is 6.03. The number of benzene rings is 2. The summed E-state index contributed by atoms with van der Waals surface area (Å²) in [6.07, 6.45) is 0.721. The van der Waals surface area contributed by atoms with Gasteiger partial charge in [0, 0.05) is 0 Å². The highest BCUT2D eigenvalue weighted by atomic mass is 19.1. The van der Waals surface area contributed by atoms with Crippen LogP contribution in [0.2, 0.25) is 0 Å². The van der Waals surface area contributed by atoms with Gasteiger partial charge < -0.3 is 10.1 Å². The molecule has 4 nitrogen and oxygen atoms in total. The van der Waals surface area contributed by atoms with Crippen LogP contribution < -0.4 is 15.0 Å². The van der Waals surface area contributed by atoms with Gasteiger partial charge in [0.25, 0.3) is 0 Å². The first-order valence-corrected chi connectivity index (χ1v) is 7.27. The lowest BCUT2D eigenvalue weighted by Gasteiger charge is -2.34. The Balaban J connectivity index is 1.87. The van der Waals surface area contributed by atoms with Gasteiger partial charge >= 0.3 is 6.03 Å². The molecule has 0 fully saturated rings. The zero-order valence-electron chi connectivity index (χ0n) is 12.3. The Morgan fingerprint density at radius 1 is 1.27 bits per heavy atom. The Morgan fingerprint density at radius 2 is 2.00 bits per heavy atom. The number of urea groups is 1. The number of carbonyl (C=O) groups excluding carboxylic acids is 1. The summed E-state index contributed by atoms with van der Waals surface area (Å²) in [7, 11) is 0. The maximum absolute atomic E-state index is 13.7. The second-order valence-corrected chi connectivity index (χ2v) is 5.14. The molecule has 3 rings (SSSR count). The molecule has 0 unspecified atom stereocenters. The van der Waals surface area contributed by atoms with Crippen LogP contribution in [0.5, 0.6) is 5.75 Å². The Hall–Kier alpha value is -2.56. The van der Waals surface area contributed by atoms with Crippen molar-refractivity contribution < 1.29 is 13.9 Å². The first-order chi connectivity index (χ1) is 10.7. The van der Waals surface area contributed by atoms with E-state index in [1.807, 2.05) is 31.2 Å². The van der Waals surface area contributed by atoms with Crippen molar-refractivity contribution in [2.45, 2.75) is 19.4 Å². The summed E-state index contributed by atoms with van der Waals surface area (Å²) < 4.78 is 19.5. The first kappa shape index (κ1) is 14.4. The summed E-state index contributed by atoms with van der Waals surface area (Å²) in [5, 5.41) is 2.62. The third kappa shape index (κ3) is 2.74. The molecule has 2 aromatic rings. The van der Waals surface area contributed by atoms with Gasteiger partial charge in [0.15, 0.2) is 0 Å². The Kier molecular flexibility index (Phi) is 3.96. The second kappa shape index (κ2) is 6.05. The molecule has 1 N–H and O–H groups in total. The average Bonchev–Trinajstić information content (AvgIpc) is 2.55. The Morgan fingerprint density at radius 3 is 2.77 bits per heavy atom. The number of hydrogen-bond donors (Lipinski definition) is 1. The molecule has 22 heavy (non-hydrogen) atoms. The second-order valence-electron chi connectivity index (χ2n) is 5.14. The standard InChI is InChI=1S/C17H17FN2O2/c1-2-12-11-20(15-9-5-6-10-16(15)22-12)17(21)19-14-8-4-3-7-13(14)18/h3-10,12H,2,11H2,1H3,(H,19,21)/t12-/m1/s1. The molecule has 1 aliphatic rings. The van der Waals surface area contributed by atoms with Gasteiger partial charge in [-0.1, -0.05) is 31.2 Å². The number of anilines is 2. The fraction of sp³-hybridized carbons (Fsp3) is 0.235. The fourth-order valence-electron chi connectivity index (χ4n) is 2.45. The summed E-state index contributed by atoms with van der Waals surface area (Å²) in [5.41, 5.74) is 0.866. The monoisotopic (exact) mass is 300 g/mol. The average molecular weight is 300 g/mol. The number of fused-ring (bicyclic) bond motifs is 1. The van der Waals surface area contributed by atoms with Crippen LogP contribution in [-0.4, -0.2) is 18.7 Å². The molecular formula is C17H17FN2O2. The molecule has 0 saturated carbocycles. The zero-order chi connectivity index (χ0) is 15.5. The summed E-state index contributed by atoms with van der Waals surface area (Å²) >= 11 is 0. The van der Waals surface area contributed by atoms with E-state index >= 15 is 0 Å². The van der Waals surface area contributed by atoms with Crippen LogP contribution in [0.4, 0.5) is 20.6 Å². The van der Waals surface area contributed by atoms with Crippen LogP contribution >= 0.6 is 0 Å². The largest absolute Gasteiger partial charge is 0.486 e. The Labute approximate surface area is 128 Å². The summed E-state index contributed by atoms with van der Waals surface area (Å²) in [6.45, 7) is 2.44. The van der Waals surface area contributed by atoms with E-state index in [0.29, 0.717) is 18.0 Å². The number of amides is 2. The molecule has 2 aromatic carbocycles. The van der Waals surface area contributed by atoms with E-state index in [2.05, 4.69) is 5.32 Å². The number of carbonyl (C=O) groups is 1. The number of halogens is 1. The van der Waals surface area contributed by atoms with Gasteiger partial charge in [0.05, 0.1) is 17.9 Å². The minimum Gasteiger partial charge on any atom is -0.486 e. The SMILES string of the molecule is CC[C@@H]1CN(C(=O)Nc2ccccc2F)c2ccccc2O1. The normalized spacial score (nSPS) is 16.6. The van der Waals surface area contributed by atoms with Crippen LogP contribution in [0.25, 0.3) is 0 Å². The molecule has 0 spiro atoms. The lowest BCUT2D eigenvalue weighted by atomic mass is 10.1. The quantitative estimate of drug-likeness (QED) is 0.909. The predicted octanol–water partition coefficient (Wildman–Crippen LogP) is 4.04. The van der Waals surface area contributed by atoms with Crippen molar-refractivity contribution in [2.24, 2.45) is 0 Å². The van der Waals surface area contributed by atoms with Crippen molar-refractivity contribution >= 4 is 17.4 Å². The van der Waals surface area contributed by atoms with Gasteiger partial charge in [-0.15, -0.1) is 0 Å². The van der Waals surface area contributed by atoms with Crippen LogP contribution in [0, 0.1) is 5.82 Å². The van der Waals surface area contributed by atoms with Crippen LogP contribution in [0.15, 0.2) is 48.5 Å². The van der Waals surface area contributed by atoms with E-state index < -0.39 is 5.82 Å². The van der Waals surface area contributed by atoms with E-state index in [1.165, 1.54) is 12.1 Å². The number of rotatable bonds is 2. The summed E-state index contributed by atoms with van der Waals surface area (Å²) in [6, 6.07) is 13.1. The van der Waals surface area contributed by atoms with E-state index in [-0.39, 0.29) is 17.8 Å². The molecular weight excluding hydrogens is 283 g/mol. The first-order valence-electron chi connectivity index (χ1n) is 7.27. The maximum atomic E-state index is 13.7. The van der Waals surface area contributed by atoms with E-state index in [1.54, 1.807) is 17.0 Å². The van der Waals surface area contributed by atoms with E-state index in [0.717, 1.165) is 6.42 Å².